The highest BCUT2D eigenvalue weighted by Gasteiger charge is 2.07. The van der Waals surface area contributed by atoms with Crippen molar-refractivity contribution >= 4 is 11.8 Å². The molecule has 0 bridgehead atoms. The van der Waals surface area contributed by atoms with Crippen LogP contribution in [0.25, 0.3) is 0 Å². The van der Waals surface area contributed by atoms with E-state index in [0.717, 1.165) is 0 Å². The van der Waals surface area contributed by atoms with Crippen molar-refractivity contribution in [1.82, 2.24) is 4.98 Å². The number of carboxylic acids is 1. The molecular formula is C10H14N2O3. The monoisotopic (exact) mass is 210 g/mol. The number of aromatic nitrogens is 1. The molecule has 0 aliphatic carbocycles. The second-order valence-corrected chi connectivity index (χ2v) is 3.14. The first kappa shape index (κ1) is 11.5. The van der Waals surface area contributed by atoms with Crippen LogP contribution in [0.5, 0.6) is 0 Å². The van der Waals surface area contributed by atoms with Crippen molar-refractivity contribution in [1.29, 1.82) is 0 Å². The molecule has 0 fully saturated rings. The van der Waals surface area contributed by atoms with Gasteiger partial charge in [0.2, 0.25) is 0 Å². The molecule has 5 heteroatoms. The predicted octanol–water partition coefficient (Wildman–Crippen LogP) is 0.883. The molecule has 0 aliphatic heterocycles. The predicted molar refractivity (Wildman–Crippen MR) is 56.1 cm³/mol. The second-order valence-electron chi connectivity index (χ2n) is 3.14. The molecule has 1 aromatic heterocycles. The standard InChI is InChI=1S/C10H14N2O3/c1-7-8(10(14)15)3-4-9(12-7)11-5-2-6-13/h3-4,13H,2,5-6H2,1H3,(H,11,12)(H,14,15). The fourth-order valence-corrected chi connectivity index (χ4v) is 1.18. The Morgan fingerprint density at radius 1 is 1.53 bits per heavy atom. The van der Waals surface area contributed by atoms with Crippen molar-refractivity contribution < 1.29 is 15.0 Å². The number of aliphatic hydroxyl groups is 1. The average Bonchev–Trinajstić information content (AvgIpc) is 2.17. The van der Waals surface area contributed by atoms with Gasteiger partial charge in [-0.25, -0.2) is 9.78 Å². The third-order valence-corrected chi connectivity index (χ3v) is 1.96. The zero-order chi connectivity index (χ0) is 11.3. The molecule has 0 saturated heterocycles. The van der Waals surface area contributed by atoms with Gasteiger partial charge in [0.25, 0.3) is 0 Å². The van der Waals surface area contributed by atoms with E-state index < -0.39 is 5.97 Å². The summed E-state index contributed by atoms with van der Waals surface area (Å²) in [7, 11) is 0. The molecule has 0 atom stereocenters. The van der Waals surface area contributed by atoms with E-state index in [1.54, 1.807) is 13.0 Å². The van der Waals surface area contributed by atoms with E-state index in [4.69, 9.17) is 10.2 Å². The Balaban J connectivity index is 2.69. The van der Waals surface area contributed by atoms with Crippen molar-refractivity contribution in [2.75, 3.05) is 18.5 Å². The maximum Gasteiger partial charge on any atom is 0.337 e. The van der Waals surface area contributed by atoms with Gasteiger partial charge in [0.15, 0.2) is 0 Å². The largest absolute Gasteiger partial charge is 0.478 e. The Labute approximate surface area is 87.8 Å². The Morgan fingerprint density at radius 2 is 2.27 bits per heavy atom. The summed E-state index contributed by atoms with van der Waals surface area (Å²) in [6, 6.07) is 3.14. The fraction of sp³-hybridized carbons (Fsp3) is 0.400. The number of aryl methyl sites for hydroxylation is 1. The first-order valence-corrected chi connectivity index (χ1v) is 4.71. The van der Waals surface area contributed by atoms with Gasteiger partial charge in [-0.15, -0.1) is 0 Å². The van der Waals surface area contributed by atoms with E-state index in [1.807, 2.05) is 0 Å². The van der Waals surface area contributed by atoms with E-state index >= 15 is 0 Å². The minimum atomic E-state index is -0.970. The highest BCUT2D eigenvalue weighted by Crippen LogP contribution is 2.10. The van der Waals surface area contributed by atoms with E-state index in [1.165, 1.54) is 6.07 Å². The molecule has 0 radical (unpaired) electrons. The number of rotatable bonds is 5. The van der Waals surface area contributed by atoms with Gasteiger partial charge in [-0.05, 0) is 25.5 Å². The highest BCUT2D eigenvalue weighted by molar-refractivity contribution is 5.88. The number of aliphatic hydroxyl groups excluding tert-OH is 1. The van der Waals surface area contributed by atoms with Crippen LogP contribution in [0.15, 0.2) is 12.1 Å². The number of nitrogens with one attached hydrogen (secondary N) is 1. The van der Waals surface area contributed by atoms with E-state index in [2.05, 4.69) is 10.3 Å². The zero-order valence-electron chi connectivity index (χ0n) is 8.53. The topological polar surface area (TPSA) is 82.5 Å². The minimum Gasteiger partial charge on any atom is -0.478 e. The summed E-state index contributed by atoms with van der Waals surface area (Å²) in [6.07, 6.45) is 0.640. The normalized spacial score (nSPS) is 10.0. The van der Waals surface area contributed by atoms with Gasteiger partial charge in [-0.2, -0.15) is 0 Å². The summed E-state index contributed by atoms with van der Waals surface area (Å²) in [4.78, 5) is 14.8. The van der Waals surface area contributed by atoms with Crippen LogP contribution in [0, 0.1) is 6.92 Å². The summed E-state index contributed by atoms with van der Waals surface area (Å²) in [6.45, 7) is 2.40. The fourth-order valence-electron chi connectivity index (χ4n) is 1.18. The van der Waals surface area contributed by atoms with E-state index in [0.29, 0.717) is 24.5 Å². The van der Waals surface area contributed by atoms with Gasteiger partial charge < -0.3 is 15.5 Å². The summed E-state index contributed by atoms with van der Waals surface area (Å²) >= 11 is 0. The minimum absolute atomic E-state index is 0.124. The van der Waals surface area contributed by atoms with Crippen LogP contribution < -0.4 is 5.32 Å². The van der Waals surface area contributed by atoms with Crippen molar-refractivity contribution in [2.45, 2.75) is 13.3 Å². The van der Waals surface area contributed by atoms with E-state index in [-0.39, 0.29) is 12.2 Å². The smallest absolute Gasteiger partial charge is 0.337 e. The maximum absolute atomic E-state index is 10.7. The number of hydrogen-bond donors (Lipinski definition) is 3. The van der Waals surface area contributed by atoms with Crippen LogP contribution in [-0.2, 0) is 0 Å². The Kier molecular flexibility index (Phi) is 4.05. The number of carboxylic acid groups (broad SMARTS) is 1. The molecule has 1 heterocycles. The zero-order valence-corrected chi connectivity index (χ0v) is 8.53. The average molecular weight is 210 g/mol. The van der Waals surface area contributed by atoms with Crippen LogP contribution in [0.1, 0.15) is 22.5 Å². The molecule has 0 unspecified atom stereocenters. The van der Waals surface area contributed by atoms with Crippen LogP contribution in [0.4, 0.5) is 5.82 Å². The SMILES string of the molecule is Cc1nc(NCCCO)ccc1C(=O)O. The first-order valence-electron chi connectivity index (χ1n) is 4.71. The lowest BCUT2D eigenvalue weighted by atomic mass is 10.2. The Bertz CT molecular complexity index is 353. The van der Waals surface area contributed by atoms with Gasteiger partial charge in [0.1, 0.15) is 5.82 Å². The van der Waals surface area contributed by atoms with Crippen molar-refractivity contribution in [2.24, 2.45) is 0 Å². The summed E-state index contributed by atoms with van der Waals surface area (Å²) in [5, 5.41) is 20.3. The van der Waals surface area contributed by atoms with Gasteiger partial charge >= 0.3 is 5.97 Å². The number of carbonyl (C=O) groups is 1. The summed E-state index contributed by atoms with van der Waals surface area (Å²) in [5.41, 5.74) is 0.694. The Morgan fingerprint density at radius 3 is 2.80 bits per heavy atom. The molecule has 0 spiro atoms. The number of pyridine rings is 1. The summed E-state index contributed by atoms with van der Waals surface area (Å²) < 4.78 is 0. The molecule has 1 aromatic rings. The lowest BCUT2D eigenvalue weighted by Gasteiger charge is -2.06. The molecule has 5 nitrogen and oxygen atoms in total. The highest BCUT2D eigenvalue weighted by atomic mass is 16.4. The quantitative estimate of drug-likeness (QED) is 0.628. The van der Waals surface area contributed by atoms with Crippen molar-refractivity contribution in [3.05, 3.63) is 23.4 Å². The number of aromatic carboxylic acids is 1. The molecule has 0 aliphatic rings. The maximum atomic E-state index is 10.7. The molecule has 0 amide bonds. The van der Waals surface area contributed by atoms with Crippen LogP contribution >= 0.6 is 0 Å². The number of hydrogen-bond acceptors (Lipinski definition) is 4. The second kappa shape index (κ2) is 5.31. The van der Waals surface area contributed by atoms with Crippen LogP contribution in [-0.4, -0.2) is 34.3 Å². The molecule has 3 N–H and O–H groups in total. The van der Waals surface area contributed by atoms with Gasteiger partial charge in [0.05, 0.1) is 11.3 Å². The van der Waals surface area contributed by atoms with Gasteiger partial charge in [-0.1, -0.05) is 0 Å². The number of anilines is 1. The lowest BCUT2D eigenvalue weighted by Crippen LogP contribution is -2.08. The Hall–Kier alpha value is -1.62. The molecule has 1 rings (SSSR count). The van der Waals surface area contributed by atoms with Crippen molar-refractivity contribution in [3.63, 3.8) is 0 Å². The van der Waals surface area contributed by atoms with Crippen molar-refractivity contribution in [3.8, 4) is 0 Å². The van der Waals surface area contributed by atoms with Crippen LogP contribution in [0.3, 0.4) is 0 Å². The molecule has 0 aromatic carbocycles. The number of nitrogens with zero attached hydrogens (tertiary/aromatic N) is 1. The first-order chi connectivity index (χ1) is 7.15. The molecule has 82 valence electrons. The molecule has 15 heavy (non-hydrogen) atoms. The van der Waals surface area contributed by atoms with E-state index in [9.17, 15) is 4.79 Å². The summed E-state index contributed by atoms with van der Waals surface area (Å²) in [5.74, 6) is -0.340. The third-order valence-electron chi connectivity index (χ3n) is 1.96. The van der Waals surface area contributed by atoms with Gasteiger partial charge in [0, 0.05) is 13.2 Å². The van der Waals surface area contributed by atoms with Crippen LogP contribution in [0.2, 0.25) is 0 Å². The third kappa shape index (κ3) is 3.21. The molecule has 0 saturated carbocycles. The van der Waals surface area contributed by atoms with Gasteiger partial charge in [-0.3, -0.25) is 0 Å². The molecular weight excluding hydrogens is 196 g/mol. The lowest BCUT2D eigenvalue weighted by molar-refractivity contribution is 0.0695.